The molecule has 3 rings (SSSR count). The van der Waals surface area contributed by atoms with Crippen molar-refractivity contribution in [3.8, 4) is 0 Å². The zero-order chi connectivity index (χ0) is 17.2. The van der Waals surface area contributed by atoms with E-state index in [-0.39, 0.29) is 11.7 Å². The molecule has 1 amide bonds. The Balaban J connectivity index is 1.81. The molecule has 2 aromatic carbocycles. The second-order valence-corrected chi connectivity index (χ2v) is 7.72. The number of anilines is 2. The van der Waals surface area contributed by atoms with Gasteiger partial charge in [-0.15, -0.1) is 0 Å². The Morgan fingerprint density at radius 2 is 1.88 bits per heavy atom. The summed E-state index contributed by atoms with van der Waals surface area (Å²) in [6.07, 6.45) is 1.38. The highest BCUT2D eigenvalue weighted by Gasteiger charge is 2.23. The summed E-state index contributed by atoms with van der Waals surface area (Å²) < 4.78 is 27.3. The van der Waals surface area contributed by atoms with E-state index in [9.17, 15) is 13.2 Å². The van der Waals surface area contributed by atoms with E-state index >= 15 is 0 Å². The molecule has 0 radical (unpaired) electrons. The molecule has 126 valence electrons. The first-order chi connectivity index (χ1) is 11.4. The molecule has 1 heterocycles. The summed E-state index contributed by atoms with van der Waals surface area (Å²) in [4.78, 5) is 13.7. The molecule has 1 N–H and O–H groups in total. The van der Waals surface area contributed by atoms with Gasteiger partial charge in [0.2, 0.25) is 15.9 Å². The molecule has 1 fully saturated rings. The summed E-state index contributed by atoms with van der Waals surface area (Å²) in [5, 5.41) is 0. The molecule has 0 spiro atoms. The van der Waals surface area contributed by atoms with E-state index in [1.165, 1.54) is 0 Å². The summed E-state index contributed by atoms with van der Waals surface area (Å²) in [5.41, 5.74) is 2.94. The molecule has 2 aromatic rings. The van der Waals surface area contributed by atoms with Crippen LogP contribution in [0.1, 0.15) is 24.0 Å². The van der Waals surface area contributed by atoms with Crippen molar-refractivity contribution in [3.05, 3.63) is 59.7 Å². The molecule has 24 heavy (non-hydrogen) atoms. The van der Waals surface area contributed by atoms with E-state index in [1.807, 2.05) is 31.2 Å². The third-order valence-electron chi connectivity index (χ3n) is 4.05. The zero-order valence-electron chi connectivity index (χ0n) is 13.5. The average Bonchev–Trinajstić information content (AvgIpc) is 2.95. The van der Waals surface area contributed by atoms with E-state index in [4.69, 9.17) is 0 Å². The number of aryl methyl sites for hydroxylation is 1. The van der Waals surface area contributed by atoms with Crippen molar-refractivity contribution in [1.82, 2.24) is 0 Å². The van der Waals surface area contributed by atoms with Crippen molar-refractivity contribution in [3.63, 3.8) is 0 Å². The lowest BCUT2D eigenvalue weighted by Gasteiger charge is -2.19. The van der Waals surface area contributed by atoms with Crippen LogP contribution in [0.25, 0.3) is 0 Å². The lowest BCUT2D eigenvalue weighted by atomic mass is 10.1. The molecule has 0 atom stereocenters. The van der Waals surface area contributed by atoms with E-state index in [2.05, 4.69) is 4.72 Å². The molecule has 1 aliphatic rings. The van der Waals surface area contributed by atoms with Crippen LogP contribution in [0.15, 0.2) is 48.5 Å². The monoisotopic (exact) mass is 344 g/mol. The van der Waals surface area contributed by atoms with Gasteiger partial charge in [0, 0.05) is 18.7 Å². The molecule has 0 bridgehead atoms. The number of carbonyl (C=O) groups excluding carboxylic acids is 1. The fourth-order valence-electron chi connectivity index (χ4n) is 2.88. The second-order valence-electron chi connectivity index (χ2n) is 6.00. The van der Waals surface area contributed by atoms with E-state index < -0.39 is 10.0 Å². The number of sulfonamides is 1. The van der Waals surface area contributed by atoms with Gasteiger partial charge in [0.05, 0.1) is 11.4 Å². The molecule has 5 nitrogen and oxygen atoms in total. The van der Waals surface area contributed by atoms with Crippen molar-refractivity contribution >= 4 is 27.3 Å². The van der Waals surface area contributed by atoms with Crippen LogP contribution in [0.5, 0.6) is 0 Å². The summed E-state index contributed by atoms with van der Waals surface area (Å²) in [6, 6.07) is 14.3. The molecule has 0 aliphatic carbocycles. The third kappa shape index (κ3) is 3.76. The van der Waals surface area contributed by atoms with E-state index in [0.717, 1.165) is 23.2 Å². The van der Waals surface area contributed by atoms with Crippen molar-refractivity contribution in [2.24, 2.45) is 0 Å². The highest BCUT2D eigenvalue weighted by atomic mass is 32.2. The van der Waals surface area contributed by atoms with Crippen LogP contribution in [-0.4, -0.2) is 20.9 Å². The van der Waals surface area contributed by atoms with Gasteiger partial charge in [-0.2, -0.15) is 0 Å². The number of hydrogen-bond acceptors (Lipinski definition) is 3. The Morgan fingerprint density at radius 3 is 2.54 bits per heavy atom. The summed E-state index contributed by atoms with van der Waals surface area (Å²) in [7, 11) is -3.51. The zero-order valence-corrected chi connectivity index (χ0v) is 14.3. The van der Waals surface area contributed by atoms with Crippen molar-refractivity contribution in [2.45, 2.75) is 25.5 Å². The van der Waals surface area contributed by atoms with Crippen LogP contribution in [0, 0.1) is 6.92 Å². The molecular formula is C18H20N2O3S. The maximum atomic E-state index is 12.4. The molecule has 1 saturated heterocycles. The number of carbonyl (C=O) groups is 1. The maximum absolute atomic E-state index is 12.4. The predicted octanol–water partition coefficient (Wildman–Crippen LogP) is 3.06. The van der Waals surface area contributed by atoms with Crippen molar-refractivity contribution in [1.29, 1.82) is 0 Å². The van der Waals surface area contributed by atoms with Crippen LogP contribution >= 0.6 is 0 Å². The van der Waals surface area contributed by atoms with E-state index in [1.54, 1.807) is 29.2 Å². The van der Waals surface area contributed by atoms with Crippen molar-refractivity contribution < 1.29 is 13.2 Å². The minimum Gasteiger partial charge on any atom is -0.312 e. The number of nitrogens with one attached hydrogen (secondary N) is 1. The Labute approximate surface area is 142 Å². The topological polar surface area (TPSA) is 66.5 Å². The Bertz CT molecular complexity index is 848. The highest BCUT2D eigenvalue weighted by Crippen LogP contribution is 2.28. The number of benzene rings is 2. The van der Waals surface area contributed by atoms with Gasteiger partial charge in [0.1, 0.15) is 0 Å². The molecular weight excluding hydrogens is 324 g/mol. The van der Waals surface area contributed by atoms with Gasteiger partial charge >= 0.3 is 0 Å². The van der Waals surface area contributed by atoms with Gasteiger partial charge < -0.3 is 4.90 Å². The maximum Gasteiger partial charge on any atom is 0.236 e. The Kier molecular flexibility index (Phi) is 4.57. The molecule has 1 aliphatic heterocycles. The number of nitrogens with zero attached hydrogens (tertiary/aromatic N) is 1. The first kappa shape index (κ1) is 16.5. The van der Waals surface area contributed by atoms with Crippen molar-refractivity contribution in [2.75, 3.05) is 16.2 Å². The Hall–Kier alpha value is -2.34. The van der Waals surface area contributed by atoms with E-state index in [0.29, 0.717) is 18.7 Å². The Morgan fingerprint density at radius 1 is 1.12 bits per heavy atom. The number of amides is 1. The standard InChI is InChI=1S/C18H20N2O3S/c1-14-9-10-16(12-17(14)20-11-5-8-18(20)21)19-24(22,23)13-15-6-3-2-4-7-15/h2-4,6-7,9-10,12,19H,5,8,11,13H2,1H3. The van der Waals surface area contributed by atoms with Crippen LogP contribution in [0.2, 0.25) is 0 Å². The number of hydrogen-bond donors (Lipinski definition) is 1. The van der Waals surface area contributed by atoms with Gasteiger partial charge in [0.25, 0.3) is 0 Å². The summed E-state index contributed by atoms with van der Waals surface area (Å²) >= 11 is 0. The predicted molar refractivity (Wildman–Crippen MR) is 95.5 cm³/mol. The molecule has 0 unspecified atom stereocenters. The van der Waals surface area contributed by atoms with Gasteiger partial charge in [-0.25, -0.2) is 8.42 Å². The largest absolute Gasteiger partial charge is 0.312 e. The summed E-state index contributed by atoms with van der Waals surface area (Å²) in [5.74, 6) is 0.00191. The normalized spacial score (nSPS) is 14.9. The molecule has 6 heteroatoms. The van der Waals surface area contributed by atoms with Crippen LogP contribution in [0.4, 0.5) is 11.4 Å². The third-order valence-corrected chi connectivity index (χ3v) is 5.31. The average molecular weight is 344 g/mol. The SMILES string of the molecule is Cc1ccc(NS(=O)(=O)Cc2ccccc2)cc1N1CCCC1=O. The van der Waals surface area contributed by atoms with Crippen LogP contribution in [0.3, 0.4) is 0 Å². The number of rotatable bonds is 5. The van der Waals surface area contributed by atoms with Gasteiger partial charge in [-0.1, -0.05) is 36.4 Å². The van der Waals surface area contributed by atoms with Gasteiger partial charge in [0.15, 0.2) is 0 Å². The quantitative estimate of drug-likeness (QED) is 0.906. The molecule has 0 aromatic heterocycles. The highest BCUT2D eigenvalue weighted by molar-refractivity contribution is 7.91. The first-order valence-corrected chi connectivity index (χ1v) is 9.55. The van der Waals surface area contributed by atoms with Crippen LogP contribution < -0.4 is 9.62 Å². The minimum absolute atomic E-state index is 0.0836. The minimum atomic E-state index is -3.51. The fraction of sp³-hybridized carbons (Fsp3) is 0.278. The second kappa shape index (κ2) is 6.65. The summed E-state index contributed by atoms with van der Waals surface area (Å²) in [6.45, 7) is 2.60. The lowest BCUT2D eigenvalue weighted by molar-refractivity contribution is -0.117. The van der Waals surface area contributed by atoms with Gasteiger partial charge in [-0.05, 0) is 36.6 Å². The fourth-order valence-corrected chi connectivity index (χ4v) is 4.07. The molecule has 0 saturated carbocycles. The first-order valence-electron chi connectivity index (χ1n) is 7.90. The lowest BCUT2D eigenvalue weighted by Crippen LogP contribution is -2.24. The van der Waals surface area contributed by atoms with Crippen LogP contribution in [-0.2, 0) is 20.6 Å². The smallest absolute Gasteiger partial charge is 0.236 e. The van der Waals surface area contributed by atoms with Gasteiger partial charge in [-0.3, -0.25) is 9.52 Å².